The van der Waals surface area contributed by atoms with Crippen LogP contribution in [-0.2, 0) is 6.54 Å². The zero-order chi connectivity index (χ0) is 12.8. The zero-order valence-electron chi connectivity index (χ0n) is 11.7. The average molecular weight is 250 g/mol. The van der Waals surface area contributed by atoms with Gasteiger partial charge in [-0.25, -0.2) is 0 Å². The van der Waals surface area contributed by atoms with Gasteiger partial charge in [0.2, 0.25) is 0 Å². The highest BCUT2D eigenvalue weighted by Gasteiger charge is 2.21. The Bertz CT molecular complexity index is 323. The first-order valence-corrected chi connectivity index (χ1v) is 7.19. The minimum Gasteiger partial charge on any atom is -0.468 e. The lowest BCUT2D eigenvalue weighted by molar-refractivity contribution is 0.164. The van der Waals surface area contributed by atoms with Crippen LogP contribution in [0.5, 0.6) is 0 Å². The molecule has 0 saturated heterocycles. The van der Waals surface area contributed by atoms with Gasteiger partial charge in [0.15, 0.2) is 0 Å². The van der Waals surface area contributed by atoms with Crippen molar-refractivity contribution in [1.82, 2.24) is 10.2 Å². The molecule has 1 heterocycles. The normalized spacial score (nSPS) is 24.6. The van der Waals surface area contributed by atoms with Crippen LogP contribution in [0.4, 0.5) is 0 Å². The Hall–Kier alpha value is -0.800. The quantitative estimate of drug-likeness (QED) is 0.787. The van der Waals surface area contributed by atoms with Gasteiger partial charge in [-0.3, -0.25) is 0 Å². The van der Waals surface area contributed by atoms with E-state index in [4.69, 9.17) is 4.42 Å². The van der Waals surface area contributed by atoms with E-state index in [1.165, 1.54) is 25.7 Å². The van der Waals surface area contributed by atoms with Crippen LogP contribution in [0.1, 0.15) is 38.4 Å². The first-order chi connectivity index (χ1) is 8.75. The van der Waals surface area contributed by atoms with Crippen LogP contribution < -0.4 is 5.32 Å². The lowest BCUT2D eigenvalue weighted by Crippen LogP contribution is -2.39. The van der Waals surface area contributed by atoms with Crippen LogP contribution >= 0.6 is 0 Å². The molecule has 0 aromatic carbocycles. The molecule has 1 saturated carbocycles. The minimum atomic E-state index is 0.791. The molecule has 3 nitrogen and oxygen atoms in total. The predicted molar refractivity (Wildman–Crippen MR) is 74.5 cm³/mol. The number of nitrogens with one attached hydrogen (secondary N) is 1. The summed E-state index contributed by atoms with van der Waals surface area (Å²) in [5, 5.41) is 3.43. The molecular weight excluding hydrogens is 224 g/mol. The maximum Gasteiger partial charge on any atom is 0.117 e. The van der Waals surface area contributed by atoms with Crippen LogP contribution in [0.2, 0.25) is 0 Å². The predicted octanol–water partition coefficient (Wildman–Crippen LogP) is 2.88. The number of rotatable bonds is 6. The van der Waals surface area contributed by atoms with Crippen LogP contribution in [0.15, 0.2) is 22.8 Å². The highest BCUT2D eigenvalue weighted by molar-refractivity contribution is 4.97. The molecule has 1 aliphatic carbocycles. The average Bonchev–Trinajstić information content (AvgIpc) is 2.87. The SMILES string of the molecule is CC1CCCC(N(C)CCNCc2ccco2)C1. The van der Waals surface area contributed by atoms with Crippen molar-refractivity contribution < 1.29 is 4.42 Å². The van der Waals surface area contributed by atoms with Gasteiger partial charge in [-0.1, -0.05) is 19.8 Å². The number of hydrogen-bond donors (Lipinski definition) is 1. The summed E-state index contributed by atoms with van der Waals surface area (Å²) in [6.07, 6.45) is 7.29. The van der Waals surface area contributed by atoms with Crippen LogP contribution in [0, 0.1) is 5.92 Å². The van der Waals surface area contributed by atoms with Crippen molar-refractivity contribution >= 4 is 0 Å². The van der Waals surface area contributed by atoms with Gasteiger partial charge in [0, 0.05) is 19.1 Å². The molecule has 0 radical (unpaired) electrons. The van der Waals surface area contributed by atoms with E-state index in [-0.39, 0.29) is 0 Å². The van der Waals surface area contributed by atoms with Crippen molar-refractivity contribution in [2.45, 2.75) is 45.2 Å². The lowest BCUT2D eigenvalue weighted by Gasteiger charge is -2.34. The molecule has 2 rings (SSSR count). The van der Waals surface area contributed by atoms with E-state index >= 15 is 0 Å². The first kappa shape index (κ1) is 13.6. The van der Waals surface area contributed by atoms with Crippen molar-refractivity contribution in [2.24, 2.45) is 5.92 Å². The van der Waals surface area contributed by atoms with E-state index in [0.29, 0.717) is 0 Å². The van der Waals surface area contributed by atoms with E-state index in [9.17, 15) is 0 Å². The summed E-state index contributed by atoms with van der Waals surface area (Å²) >= 11 is 0. The van der Waals surface area contributed by atoms with E-state index < -0.39 is 0 Å². The Morgan fingerprint density at radius 2 is 2.33 bits per heavy atom. The van der Waals surface area contributed by atoms with Crippen molar-refractivity contribution in [3.8, 4) is 0 Å². The molecule has 2 unspecified atom stereocenters. The Kier molecular flexibility index (Phi) is 5.26. The van der Waals surface area contributed by atoms with Gasteiger partial charge in [0.05, 0.1) is 12.8 Å². The summed E-state index contributed by atoms with van der Waals surface area (Å²) in [6, 6.07) is 4.74. The van der Waals surface area contributed by atoms with Gasteiger partial charge in [-0.2, -0.15) is 0 Å². The number of hydrogen-bond acceptors (Lipinski definition) is 3. The standard InChI is InChI=1S/C15H26N2O/c1-13-5-3-6-14(11-13)17(2)9-8-16-12-15-7-4-10-18-15/h4,7,10,13-14,16H,3,5-6,8-9,11-12H2,1-2H3. The summed E-state index contributed by atoms with van der Waals surface area (Å²) in [5.74, 6) is 1.92. The smallest absolute Gasteiger partial charge is 0.117 e. The van der Waals surface area contributed by atoms with Crippen molar-refractivity contribution in [1.29, 1.82) is 0 Å². The molecule has 0 aliphatic heterocycles. The summed E-state index contributed by atoms with van der Waals surface area (Å²) in [7, 11) is 2.26. The molecule has 102 valence electrons. The second-order valence-corrected chi connectivity index (χ2v) is 5.66. The largest absolute Gasteiger partial charge is 0.468 e. The fourth-order valence-electron chi connectivity index (χ4n) is 2.87. The van der Waals surface area contributed by atoms with E-state index in [1.54, 1.807) is 6.26 Å². The third kappa shape index (κ3) is 4.14. The van der Waals surface area contributed by atoms with Crippen LogP contribution in [0.3, 0.4) is 0 Å². The van der Waals surface area contributed by atoms with Gasteiger partial charge in [0.25, 0.3) is 0 Å². The highest BCUT2D eigenvalue weighted by Crippen LogP contribution is 2.26. The Labute approximate surface area is 111 Å². The Morgan fingerprint density at radius 3 is 3.06 bits per heavy atom. The zero-order valence-corrected chi connectivity index (χ0v) is 11.7. The molecule has 1 N–H and O–H groups in total. The lowest BCUT2D eigenvalue weighted by atomic mass is 9.86. The number of furan rings is 1. The van der Waals surface area contributed by atoms with Crippen LogP contribution in [0.25, 0.3) is 0 Å². The van der Waals surface area contributed by atoms with Gasteiger partial charge >= 0.3 is 0 Å². The monoisotopic (exact) mass is 250 g/mol. The molecule has 1 aromatic heterocycles. The first-order valence-electron chi connectivity index (χ1n) is 7.19. The molecule has 18 heavy (non-hydrogen) atoms. The second-order valence-electron chi connectivity index (χ2n) is 5.66. The van der Waals surface area contributed by atoms with Crippen LogP contribution in [-0.4, -0.2) is 31.1 Å². The summed E-state index contributed by atoms with van der Waals surface area (Å²) in [4.78, 5) is 2.52. The van der Waals surface area contributed by atoms with E-state index in [2.05, 4.69) is 24.2 Å². The van der Waals surface area contributed by atoms with Gasteiger partial charge < -0.3 is 14.6 Å². The van der Waals surface area contributed by atoms with E-state index in [0.717, 1.165) is 37.4 Å². The molecule has 0 amide bonds. The number of likely N-dealkylation sites (N-methyl/N-ethyl adjacent to an activating group) is 1. The fourth-order valence-corrected chi connectivity index (χ4v) is 2.87. The van der Waals surface area contributed by atoms with Crippen molar-refractivity contribution in [2.75, 3.05) is 20.1 Å². The number of nitrogens with zero attached hydrogens (tertiary/aromatic N) is 1. The van der Waals surface area contributed by atoms with Gasteiger partial charge in [-0.15, -0.1) is 0 Å². The third-order valence-corrected chi connectivity index (χ3v) is 4.05. The maximum atomic E-state index is 5.29. The fraction of sp³-hybridized carbons (Fsp3) is 0.733. The van der Waals surface area contributed by atoms with Crippen molar-refractivity contribution in [3.63, 3.8) is 0 Å². The summed E-state index contributed by atoms with van der Waals surface area (Å²) in [5.41, 5.74) is 0. The molecule has 3 heteroatoms. The minimum absolute atomic E-state index is 0.791. The summed E-state index contributed by atoms with van der Waals surface area (Å²) in [6.45, 7) is 5.37. The van der Waals surface area contributed by atoms with Gasteiger partial charge in [0.1, 0.15) is 5.76 Å². The molecule has 2 atom stereocenters. The van der Waals surface area contributed by atoms with E-state index in [1.807, 2.05) is 12.1 Å². The Balaban J connectivity index is 1.60. The van der Waals surface area contributed by atoms with Crippen molar-refractivity contribution in [3.05, 3.63) is 24.2 Å². The molecule has 0 bridgehead atoms. The Morgan fingerprint density at radius 1 is 1.44 bits per heavy atom. The third-order valence-electron chi connectivity index (χ3n) is 4.05. The summed E-state index contributed by atoms with van der Waals surface area (Å²) < 4.78 is 5.29. The van der Waals surface area contributed by atoms with Gasteiger partial charge in [-0.05, 0) is 37.9 Å². The highest BCUT2D eigenvalue weighted by atomic mass is 16.3. The topological polar surface area (TPSA) is 28.4 Å². The molecule has 0 spiro atoms. The maximum absolute atomic E-state index is 5.29. The molecule has 1 aromatic rings. The molecular formula is C15H26N2O. The molecule has 1 fully saturated rings. The molecule has 1 aliphatic rings. The second kappa shape index (κ2) is 6.95.